The molecular weight excluding hydrogens is 167 g/mol. The molecule has 0 saturated carbocycles. The topological polar surface area (TPSA) is 49.8 Å². The quantitative estimate of drug-likeness (QED) is 0.745. The van der Waals surface area contributed by atoms with Crippen molar-refractivity contribution in [2.75, 3.05) is 6.54 Å². The maximum absolute atomic E-state index is 12.8. The van der Waals surface area contributed by atoms with Crippen LogP contribution in [0.15, 0.2) is 24.3 Å². The number of halogens is 1. The van der Waals surface area contributed by atoms with Gasteiger partial charge in [0.15, 0.2) is 0 Å². The summed E-state index contributed by atoms with van der Waals surface area (Å²) in [5.41, 5.74) is 6.21. The molecule has 0 spiro atoms. The van der Waals surface area contributed by atoms with E-state index in [0.717, 1.165) is 0 Å². The minimum Gasteiger partial charge on any atom is -0.327 e. The van der Waals surface area contributed by atoms with Gasteiger partial charge >= 0.3 is 0 Å². The SMILES string of the molecule is N#Cc1cc(F)cc(C=CCN)c1. The van der Waals surface area contributed by atoms with Crippen molar-refractivity contribution >= 4 is 6.08 Å². The van der Waals surface area contributed by atoms with Crippen LogP contribution in [0, 0.1) is 17.1 Å². The van der Waals surface area contributed by atoms with Crippen molar-refractivity contribution in [3.8, 4) is 6.07 Å². The van der Waals surface area contributed by atoms with E-state index in [9.17, 15) is 4.39 Å². The average Bonchev–Trinajstić information content (AvgIpc) is 2.14. The highest BCUT2D eigenvalue weighted by molar-refractivity contribution is 5.52. The molecule has 13 heavy (non-hydrogen) atoms. The van der Waals surface area contributed by atoms with E-state index in [-0.39, 0.29) is 0 Å². The zero-order chi connectivity index (χ0) is 9.68. The Labute approximate surface area is 76.1 Å². The maximum atomic E-state index is 12.8. The Hall–Kier alpha value is -1.66. The molecular formula is C10H9FN2. The second-order valence-corrected chi connectivity index (χ2v) is 2.52. The molecule has 0 radical (unpaired) electrons. The molecule has 3 heteroatoms. The highest BCUT2D eigenvalue weighted by Gasteiger charge is 1.96. The van der Waals surface area contributed by atoms with Crippen LogP contribution in [-0.2, 0) is 0 Å². The summed E-state index contributed by atoms with van der Waals surface area (Å²) >= 11 is 0. The average molecular weight is 176 g/mol. The van der Waals surface area contributed by atoms with Crippen molar-refractivity contribution in [1.82, 2.24) is 0 Å². The van der Waals surface area contributed by atoms with E-state index in [2.05, 4.69) is 0 Å². The third-order valence-electron chi connectivity index (χ3n) is 1.50. The predicted octanol–water partition coefficient (Wildman–Crippen LogP) is 1.67. The van der Waals surface area contributed by atoms with Crippen molar-refractivity contribution in [2.45, 2.75) is 0 Å². The molecule has 0 atom stereocenters. The van der Waals surface area contributed by atoms with Gasteiger partial charge in [-0.05, 0) is 23.8 Å². The van der Waals surface area contributed by atoms with Gasteiger partial charge in [0.25, 0.3) is 0 Å². The molecule has 2 nitrogen and oxygen atoms in total. The number of benzene rings is 1. The summed E-state index contributed by atoms with van der Waals surface area (Å²) in [5, 5.41) is 8.55. The van der Waals surface area contributed by atoms with E-state index in [1.54, 1.807) is 18.2 Å². The lowest BCUT2D eigenvalue weighted by Crippen LogP contribution is -1.92. The fourth-order valence-corrected chi connectivity index (χ4v) is 0.977. The number of hydrogen-bond donors (Lipinski definition) is 1. The summed E-state index contributed by atoms with van der Waals surface area (Å²) in [6, 6.07) is 6.03. The van der Waals surface area contributed by atoms with Crippen LogP contribution in [0.25, 0.3) is 6.08 Å². The van der Waals surface area contributed by atoms with E-state index in [4.69, 9.17) is 11.0 Å². The van der Waals surface area contributed by atoms with Crippen molar-refractivity contribution in [3.05, 3.63) is 41.2 Å². The molecule has 66 valence electrons. The summed E-state index contributed by atoms with van der Waals surface area (Å²) in [7, 11) is 0. The molecule has 1 aromatic carbocycles. The summed E-state index contributed by atoms with van der Waals surface area (Å²) in [6.45, 7) is 0.401. The van der Waals surface area contributed by atoms with Gasteiger partial charge < -0.3 is 5.73 Å². The summed E-state index contributed by atoms with van der Waals surface area (Å²) in [6.07, 6.45) is 3.39. The van der Waals surface area contributed by atoms with Crippen LogP contribution < -0.4 is 5.73 Å². The van der Waals surface area contributed by atoms with Crippen LogP contribution in [0.2, 0.25) is 0 Å². The predicted molar refractivity (Wildman–Crippen MR) is 49.2 cm³/mol. The Morgan fingerprint density at radius 2 is 2.23 bits per heavy atom. The molecule has 0 aliphatic heterocycles. The first-order chi connectivity index (χ1) is 6.26. The Kier molecular flexibility index (Phi) is 3.18. The van der Waals surface area contributed by atoms with Gasteiger partial charge in [-0.1, -0.05) is 12.2 Å². The number of nitriles is 1. The lowest BCUT2D eigenvalue weighted by molar-refractivity contribution is 0.627. The van der Waals surface area contributed by atoms with E-state index in [1.165, 1.54) is 12.1 Å². The summed E-state index contributed by atoms with van der Waals surface area (Å²) in [4.78, 5) is 0. The number of nitrogens with two attached hydrogens (primary N) is 1. The Bertz CT molecular complexity index is 364. The monoisotopic (exact) mass is 176 g/mol. The Morgan fingerprint density at radius 1 is 1.46 bits per heavy atom. The molecule has 0 unspecified atom stereocenters. The molecule has 0 aromatic heterocycles. The second-order valence-electron chi connectivity index (χ2n) is 2.52. The van der Waals surface area contributed by atoms with Crippen molar-refractivity contribution < 1.29 is 4.39 Å². The van der Waals surface area contributed by atoms with Gasteiger partial charge in [-0.15, -0.1) is 0 Å². The molecule has 0 fully saturated rings. The van der Waals surface area contributed by atoms with Crippen LogP contribution in [0.5, 0.6) is 0 Å². The molecule has 0 bridgehead atoms. The van der Waals surface area contributed by atoms with Crippen molar-refractivity contribution in [1.29, 1.82) is 5.26 Å². The zero-order valence-electron chi connectivity index (χ0n) is 7.00. The number of hydrogen-bond acceptors (Lipinski definition) is 2. The van der Waals surface area contributed by atoms with E-state index >= 15 is 0 Å². The molecule has 1 rings (SSSR count). The van der Waals surface area contributed by atoms with Crippen LogP contribution in [0.4, 0.5) is 4.39 Å². The van der Waals surface area contributed by atoms with Crippen LogP contribution in [-0.4, -0.2) is 6.54 Å². The molecule has 0 saturated heterocycles. The summed E-state index contributed by atoms with van der Waals surface area (Å²) < 4.78 is 12.8. The fourth-order valence-electron chi connectivity index (χ4n) is 0.977. The second kappa shape index (κ2) is 4.39. The van der Waals surface area contributed by atoms with Gasteiger partial charge in [0, 0.05) is 6.54 Å². The minimum atomic E-state index is -0.407. The van der Waals surface area contributed by atoms with E-state index in [1.807, 2.05) is 6.07 Å². The molecule has 0 heterocycles. The van der Waals surface area contributed by atoms with Crippen LogP contribution in [0.3, 0.4) is 0 Å². The third-order valence-corrected chi connectivity index (χ3v) is 1.50. The highest BCUT2D eigenvalue weighted by Crippen LogP contribution is 2.09. The zero-order valence-corrected chi connectivity index (χ0v) is 7.00. The van der Waals surface area contributed by atoms with Gasteiger partial charge in [-0.2, -0.15) is 5.26 Å². The fraction of sp³-hybridized carbons (Fsp3) is 0.100. The lowest BCUT2D eigenvalue weighted by atomic mass is 10.1. The standard InChI is InChI=1S/C10H9FN2/c11-10-5-8(2-1-3-12)4-9(6-10)7-13/h1-2,4-6H,3,12H2. The van der Waals surface area contributed by atoms with Gasteiger partial charge in [-0.3, -0.25) is 0 Å². The molecule has 0 aliphatic carbocycles. The van der Waals surface area contributed by atoms with Crippen LogP contribution in [0.1, 0.15) is 11.1 Å². The molecule has 2 N–H and O–H groups in total. The molecule has 0 aliphatic rings. The van der Waals surface area contributed by atoms with Gasteiger partial charge in [0.05, 0.1) is 11.6 Å². The molecule has 0 amide bonds. The van der Waals surface area contributed by atoms with Gasteiger partial charge in [0.1, 0.15) is 5.82 Å². The van der Waals surface area contributed by atoms with Gasteiger partial charge in [0.2, 0.25) is 0 Å². The summed E-state index contributed by atoms with van der Waals surface area (Å²) in [5.74, 6) is -0.407. The minimum absolute atomic E-state index is 0.316. The third kappa shape index (κ3) is 2.69. The van der Waals surface area contributed by atoms with Crippen LogP contribution >= 0.6 is 0 Å². The van der Waals surface area contributed by atoms with E-state index in [0.29, 0.717) is 17.7 Å². The largest absolute Gasteiger partial charge is 0.327 e. The highest BCUT2D eigenvalue weighted by atomic mass is 19.1. The normalized spacial score (nSPS) is 10.2. The Balaban J connectivity index is 3.03. The Morgan fingerprint density at radius 3 is 2.85 bits per heavy atom. The lowest BCUT2D eigenvalue weighted by Gasteiger charge is -1.95. The van der Waals surface area contributed by atoms with Crippen molar-refractivity contribution in [3.63, 3.8) is 0 Å². The first kappa shape index (κ1) is 9.43. The first-order valence-electron chi connectivity index (χ1n) is 3.83. The number of nitrogens with zero attached hydrogens (tertiary/aromatic N) is 1. The van der Waals surface area contributed by atoms with Gasteiger partial charge in [-0.25, -0.2) is 4.39 Å². The molecule has 1 aromatic rings. The first-order valence-corrected chi connectivity index (χ1v) is 3.83. The number of rotatable bonds is 2. The van der Waals surface area contributed by atoms with Crippen molar-refractivity contribution in [2.24, 2.45) is 5.73 Å². The maximum Gasteiger partial charge on any atom is 0.125 e. The smallest absolute Gasteiger partial charge is 0.125 e. The van der Waals surface area contributed by atoms with E-state index < -0.39 is 5.82 Å².